The molecule has 0 bridgehead atoms. The molecule has 1 aliphatic rings. The second-order valence-corrected chi connectivity index (χ2v) is 3.98. The maximum absolute atomic E-state index is 11.2. The molecule has 74 valence electrons. The second-order valence-electron chi connectivity index (χ2n) is 3.06. The first-order chi connectivity index (χ1) is 6.66. The number of hydrogen-bond acceptors (Lipinski definition) is 3. The first-order valence-electron chi connectivity index (χ1n) is 4.17. The van der Waals surface area contributed by atoms with Gasteiger partial charge in [-0.2, -0.15) is 0 Å². The zero-order chi connectivity index (χ0) is 10.1. The van der Waals surface area contributed by atoms with Gasteiger partial charge in [-0.1, -0.05) is 15.9 Å². The normalized spacial score (nSPS) is 21.0. The molecular formula is C9H9BrN2O2. The van der Waals surface area contributed by atoms with Gasteiger partial charge in [-0.05, 0) is 18.2 Å². The lowest BCUT2D eigenvalue weighted by Gasteiger charge is -2.11. The van der Waals surface area contributed by atoms with Crippen LogP contribution < -0.4 is 10.6 Å². The number of aliphatic hydroxyl groups is 1. The number of anilines is 1. The van der Waals surface area contributed by atoms with E-state index in [1.54, 1.807) is 12.1 Å². The molecule has 1 aromatic rings. The number of fused-ring (bicyclic) bond motifs is 1. The fourth-order valence-electron chi connectivity index (χ4n) is 1.37. The van der Waals surface area contributed by atoms with E-state index in [2.05, 4.69) is 26.6 Å². The molecule has 0 spiro atoms. The Bertz CT molecular complexity index is 381. The largest absolute Gasteiger partial charge is 0.374 e. The summed E-state index contributed by atoms with van der Waals surface area (Å²) in [6.45, 7) is 0.119. The van der Waals surface area contributed by atoms with Crippen LogP contribution in [-0.2, 0) is 4.79 Å². The molecule has 1 amide bonds. The van der Waals surface area contributed by atoms with Crippen LogP contribution in [0.4, 0.5) is 5.69 Å². The van der Waals surface area contributed by atoms with Crippen LogP contribution in [-0.4, -0.2) is 17.6 Å². The summed E-state index contributed by atoms with van der Waals surface area (Å²) in [5.41, 5.74) is 1.32. The summed E-state index contributed by atoms with van der Waals surface area (Å²) in [5, 5.41) is 15.1. The molecule has 5 heteroatoms. The topological polar surface area (TPSA) is 61.4 Å². The highest BCUT2D eigenvalue weighted by Gasteiger charge is 2.19. The molecule has 3 N–H and O–H groups in total. The van der Waals surface area contributed by atoms with Crippen LogP contribution in [0.2, 0.25) is 0 Å². The van der Waals surface area contributed by atoms with Gasteiger partial charge in [0.2, 0.25) is 5.91 Å². The second kappa shape index (κ2) is 3.68. The number of carbonyl (C=O) groups is 1. The van der Waals surface area contributed by atoms with Crippen molar-refractivity contribution in [2.24, 2.45) is 0 Å². The maximum Gasteiger partial charge on any atom is 0.238 e. The molecular weight excluding hydrogens is 248 g/mol. The number of rotatable bonds is 0. The third kappa shape index (κ3) is 1.79. The predicted molar refractivity (Wildman–Crippen MR) is 55.7 cm³/mol. The van der Waals surface area contributed by atoms with E-state index in [9.17, 15) is 9.90 Å². The molecule has 1 unspecified atom stereocenters. The average molecular weight is 257 g/mol. The molecule has 0 aliphatic carbocycles. The van der Waals surface area contributed by atoms with Crippen molar-refractivity contribution in [1.29, 1.82) is 0 Å². The summed E-state index contributed by atoms with van der Waals surface area (Å²) in [4.78, 5) is 11.2. The summed E-state index contributed by atoms with van der Waals surface area (Å²) < 4.78 is 0.869. The van der Waals surface area contributed by atoms with Gasteiger partial charge in [-0.25, -0.2) is 0 Å². The molecule has 4 nitrogen and oxygen atoms in total. The summed E-state index contributed by atoms with van der Waals surface area (Å²) in [6, 6.07) is 5.35. The Kier molecular flexibility index (Phi) is 2.54. The van der Waals surface area contributed by atoms with E-state index >= 15 is 0 Å². The smallest absolute Gasteiger partial charge is 0.238 e. The summed E-state index contributed by atoms with van der Waals surface area (Å²) in [5.74, 6) is -0.148. The number of carbonyl (C=O) groups excluding carboxylic acids is 1. The minimum atomic E-state index is -0.804. The van der Waals surface area contributed by atoms with E-state index in [4.69, 9.17) is 0 Å². The van der Waals surface area contributed by atoms with Crippen molar-refractivity contribution >= 4 is 27.5 Å². The van der Waals surface area contributed by atoms with E-state index in [0.29, 0.717) is 11.3 Å². The third-order valence-electron chi connectivity index (χ3n) is 2.04. The Labute approximate surface area is 89.4 Å². The molecule has 0 fully saturated rings. The third-order valence-corrected chi connectivity index (χ3v) is 2.53. The molecule has 14 heavy (non-hydrogen) atoms. The Morgan fingerprint density at radius 2 is 2.29 bits per heavy atom. The standard InChI is InChI=1S/C9H9BrN2O2/c10-5-1-2-7-6(3-5)9(14)11-4-8(13)12-7/h1-3,9,11,14H,4H2,(H,12,13). The highest BCUT2D eigenvalue weighted by Crippen LogP contribution is 2.26. The van der Waals surface area contributed by atoms with Crippen molar-refractivity contribution in [3.63, 3.8) is 0 Å². The molecule has 0 aromatic heterocycles. The van der Waals surface area contributed by atoms with Crippen molar-refractivity contribution in [2.75, 3.05) is 11.9 Å². The van der Waals surface area contributed by atoms with Gasteiger partial charge in [0.05, 0.1) is 6.54 Å². The van der Waals surface area contributed by atoms with Crippen molar-refractivity contribution in [3.8, 4) is 0 Å². The van der Waals surface area contributed by atoms with Crippen molar-refractivity contribution in [2.45, 2.75) is 6.23 Å². The SMILES string of the molecule is O=C1CNC(O)c2cc(Br)ccc2N1. The first kappa shape index (κ1) is 9.64. The molecule has 1 heterocycles. The van der Waals surface area contributed by atoms with Gasteiger partial charge in [0, 0.05) is 15.7 Å². The lowest BCUT2D eigenvalue weighted by molar-refractivity contribution is -0.115. The Morgan fingerprint density at radius 3 is 3.07 bits per heavy atom. The van der Waals surface area contributed by atoms with E-state index in [1.165, 1.54) is 0 Å². The van der Waals surface area contributed by atoms with Gasteiger partial charge in [-0.3, -0.25) is 10.1 Å². The van der Waals surface area contributed by atoms with Crippen LogP contribution in [0.15, 0.2) is 22.7 Å². The number of nitrogens with one attached hydrogen (secondary N) is 2. The summed E-state index contributed by atoms with van der Waals surface area (Å²) in [6.07, 6.45) is -0.804. The van der Waals surface area contributed by atoms with Crippen molar-refractivity contribution < 1.29 is 9.90 Å². The minimum Gasteiger partial charge on any atom is -0.374 e. The van der Waals surface area contributed by atoms with Gasteiger partial charge >= 0.3 is 0 Å². The minimum absolute atomic E-state index is 0.119. The van der Waals surface area contributed by atoms with Gasteiger partial charge in [-0.15, -0.1) is 0 Å². The quantitative estimate of drug-likeness (QED) is 0.649. The van der Waals surface area contributed by atoms with E-state index in [0.717, 1.165) is 4.47 Å². The molecule has 0 saturated heterocycles. The monoisotopic (exact) mass is 256 g/mol. The average Bonchev–Trinajstić information content (AvgIpc) is 2.29. The number of hydrogen-bond donors (Lipinski definition) is 3. The summed E-state index contributed by atoms with van der Waals surface area (Å²) >= 11 is 3.31. The summed E-state index contributed by atoms with van der Waals surface area (Å²) in [7, 11) is 0. The number of benzene rings is 1. The Hall–Kier alpha value is -0.910. The van der Waals surface area contributed by atoms with Crippen LogP contribution in [0.1, 0.15) is 11.8 Å². The molecule has 1 aromatic carbocycles. The van der Waals surface area contributed by atoms with Gasteiger partial charge < -0.3 is 10.4 Å². The van der Waals surface area contributed by atoms with Gasteiger partial charge in [0.25, 0.3) is 0 Å². The fourth-order valence-corrected chi connectivity index (χ4v) is 1.75. The van der Waals surface area contributed by atoms with Crippen LogP contribution in [0.25, 0.3) is 0 Å². The molecule has 1 aliphatic heterocycles. The lowest BCUT2D eigenvalue weighted by atomic mass is 10.1. The van der Waals surface area contributed by atoms with E-state index < -0.39 is 6.23 Å². The number of aliphatic hydroxyl groups excluding tert-OH is 1. The predicted octanol–water partition coefficient (Wildman–Crippen LogP) is 0.982. The van der Waals surface area contributed by atoms with Gasteiger partial charge in [0.15, 0.2) is 0 Å². The van der Waals surface area contributed by atoms with E-state index in [1.807, 2.05) is 6.07 Å². The maximum atomic E-state index is 11.2. The molecule has 0 radical (unpaired) electrons. The molecule has 2 rings (SSSR count). The number of halogens is 1. The Balaban J connectivity index is 2.46. The molecule has 1 atom stereocenters. The van der Waals surface area contributed by atoms with Crippen LogP contribution in [0.3, 0.4) is 0 Å². The fraction of sp³-hybridized carbons (Fsp3) is 0.222. The zero-order valence-corrected chi connectivity index (χ0v) is 8.84. The lowest BCUT2D eigenvalue weighted by Crippen LogP contribution is -2.26. The van der Waals surface area contributed by atoms with Crippen LogP contribution in [0, 0.1) is 0 Å². The van der Waals surface area contributed by atoms with Crippen LogP contribution in [0.5, 0.6) is 0 Å². The van der Waals surface area contributed by atoms with Gasteiger partial charge in [0.1, 0.15) is 6.23 Å². The van der Waals surface area contributed by atoms with Crippen LogP contribution >= 0.6 is 15.9 Å². The van der Waals surface area contributed by atoms with Crippen molar-refractivity contribution in [1.82, 2.24) is 5.32 Å². The Morgan fingerprint density at radius 1 is 1.50 bits per heavy atom. The number of amides is 1. The van der Waals surface area contributed by atoms with Crippen molar-refractivity contribution in [3.05, 3.63) is 28.2 Å². The highest BCUT2D eigenvalue weighted by atomic mass is 79.9. The molecule has 0 saturated carbocycles. The first-order valence-corrected chi connectivity index (χ1v) is 4.97. The zero-order valence-electron chi connectivity index (χ0n) is 7.25. The van der Waals surface area contributed by atoms with E-state index in [-0.39, 0.29) is 12.5 Å². The highest BCUT2D eigenvalue weighted by molar-refractivity contribution is 9.10.